The van der Waals surface area contributed by atoms with Crippen LogP contribution < -0.4 is 5.32 Å². The molecule has 1 aromatic rings. The van der Waals surface area contributed by atoms with Crippen molar-refractivity contribution in [2.75, 3.05) is 0 Å². The normalized spacial score (nSPS) is 24.4. The number of hydrogen-bond acceptors (Lipinski definition) is 3. The van der Waals surface area contributed by atoms with Gasteiger partial charge >= 0.3 is 12.0 Å². The summed E-state index contributed by atoms with van der Waals surface area (Å²) in [6.45, 7) is 4.43. The van der Waals surface area contributed by atoms with E-state index in [0.717, 1.165) is 50.5 Å². The molecule has 5 nitrogen and oxygen atoms in total. The standard InChI is InChI=1S/C22H32N2O3/c1-16-9-8-10-17(2)24(16)22(26)23-20(19-13-6-7-14-19)21(25)27-15-18-11-4-3-5-12-18/h3-5,11-12,16-17,19-20H,6-10,13-15H2,1-2H3,(H,23,26)/t16-,17+,20-/m0/s1. The molecule has 5 heteroatoms. The summed E-state index contributed by atoms with van der Waals surface area (Å²) in [6, 6.07) is 9.41. The fraction of sp³-hybridized carbons (Fsp3) is 0.636. The lowest BCUT2D eigenvalue weighted by Gasteiger charge is -2.40. The molecule has 3 atom stereocenters. The molecule has 0 aromatic heterocycles. The van der Waals surface area contributed by atoms with E-state index in [1.54, 1.807) is 0 Å². The Balaban J connectivity index is 1.65. The first-order valence-electron chi connectivity index (χ1n) is 10.4. The second kappa shape index (κ2) is 9.25. The van der Waals surface area contributed by atoms with Gasteiger partial charge in [0.1, 0.15) is 12.6 Å². The summed E-state index contributed by atoms with van der Waals surface area (Å²) in [6.07, 6.45) is 7.35. The SMILES string of the molecule is C[C@@H]1CCC[C@H](C)N1C(=O)N[C@H](C(=O)OCc1ccccc1)C1CCCC1. The monoisotopic (exact) mass is 372 g/mol. The number of nitrogens with one attached hydrogen (secondary N) is 1. The number of rotatable bonds is 5. The van der Waals surface area contributed by atoms with Crippen LogP contribution in [0.4, 0.5) is 4.79 Å². The molecule has 1 heterocycles. The second-order valence-electron chi connectivity index (χ2n) is 8.10. The molecule has 148 valence electrons. The van der Waals surface area contributed by atoms with Crippen molar-refractivity contribution in [1.82, 2.24) is 10.2 Å². The minimum atomic E-state index is -0.551. The number of amides is 2. The van der Waals surface area contributed by atoms with Crippen molar-refractivity contribution in [3.63, 3.8) is 0 Å². The number of piperidine rings is 1. The van der Waals surface area contributed by atoms with Crippen LogP contribution in [0, 0.1) is 5.92 Å². The van der Waals surface area contributed by atoms with E-state index in [-0.39, 0.29) is 36.6 Å². The molecule has 1 aromatic carbocycles. The van der Waals surface area contributed by atoms with E-state index in [2.05, 4.69) is 19.2 Å². The molecule has 1 saturated heterocycles. The summed E-state index contributed by atoms with van der Waals surface area (Å²) in [5.41, 5.74) is 0.959. The van der Waals surface area contributed by atoms with Crippen molar-refractivity contribution in [3.8, 4) is 0 Å². The number of carbonyl (C=O) groups is 2. The quantitative estimate of drug-likeness (QED) is 0.786. The number of likely N-dealkylation sites (tertiary alicyclic amines) is 1. The van der Waals surface area contributed by atoms with Crippen molar-refractivity contribution >= 4 is 12.0 Å². The molecule has 3 rings (SSSR count). The first kappa shape index (κ1) is 19.7. The van der Waals surface area contributed by atoms with Crippen LogP contribution in [0.1, 0.15) is 64.4 Å². The number of ether oxygens (including phenoxy) is 1. The molecular weight excluding hydrogens is 340 g/mol. The molecular formula is C22H32N2O3. The minimum absolute atomic E-state index is 0.122. The number of benzene rings is 1. The molecule has 0 unspecified atom stereocenters. The first-order valence-corrected chi connectivity index (χ1v) is 10.4. The maximum atomic E-state index is 13.0. The Morgan fingerprint density at radius 2 is 1.67 bits per heavy atom. The van der Waals surface area contributed by atoms with Gasteiger partial charge in [-0.05, 0) is 57.4 Å². The number of carbonyl (C=O) groups excluding carboxylic acids is 2. The van der Waals surface area contributed by atoms with Gasteiger partial charge < -0.3 is 15.0 Å². The average molecular weight is 373 g/mol. The third-order valence-electron chi connectivity index (χ3n) is 6.06. The van der Waals surface area contributed by atoms with Gasteiger partial charge in [0.2, 0.25) is 0 Å². The Hall–Kier alpha value is -2.04. The molecule has 2 aliphatic rings. The summed E-state index contributed by atoms with van der Waals surface area (Å²) in [7, 11) is 0. The molecule has 2 fully saturated rings. The van der Waals surface area contributed by atoms with E-state index < -0.39 is 6.04 Å². The van der Waals surface area contributed by atoms with Gasteiger partial charge in [-0.1, -0.05) is 43.2 Å². The maximum absolute atomic E-state index is 13.0. The highest BCUT2D eigenvalue weighted by molar-refractivity contribution is 5.84. The summed E-state index contributed by atoms with van der Waals surface area (Å²) in [5, 5.41) is 3.04. The largest absolute Gasteiger partial charge is 0.459 e. The fourth-order valence-corrected chi connectivity index (χ4v) is 4.51. The lowest BCUT2D eigenvalue weighted by Crippen LogP contribution is -2.56. The highest BCUT2D eigenvalue weighted by atomic mass is 16.5. The summed E-state index contributed by atoms with van der Waals surface area (Å²) >= 11 is 0. The van der Waals surface area contributed by atoms with Gasteiger partial charge in [0.25, 0.3) is 0 Å². The van der Waals surface area contributed by atoms with Crippen LogP contribution in [-0.2, 0) is 16.1 Å². The molecule has 1 saturated carbocycles. The average Bonchev–Trinajstić information content (AvgIpc) is 3.19. The molecule has 27 heavy (non-hydrogen) atoms. The number of nitrogens with zero attached hydrogens (tertiary/aromatic N) is 1. The Kier molecular flexibility index (Phi) is 6.75. The van der Waals surface area contributed by atoms with Gasteiger partial charge in [0.05, 0.1) is 0 Å². The van der Waals surface area contributed by atoms with Crippen LogP contribution in [0.2, 0.25) is 0 Å². The summed E-state index contributed by atoms with van der Waals surface area (Å²) in [5.74, 6) is -0.135. The van der Waals surface area contributed by atoms with Crippen LogP contribution in [0.25, 0.3) is 0 Å². The predicted molar refractivity (Wildman–Crippen MR) is 105 cm³/mol. The Morgan fingerprint density at radius 3 is 2.30 bits per heavy atom. The Morgan fingerprint density at radius 1 is 1.04 bits per heavy atom. The number of hydrogen-bond donors (Lipinski definition) is 1. The molecule has 1 aliphatic heterocycles. The summed E-state index contributed by atoms with van der Waals surface area (Å²) < 4.78 is 5.57. The van der Waals surface area contributed by atoms with E-state index in [9.17, 15) is 9.59 Å². The van der Waals surface area contributed by atoms with Crippen LogP contribution in [0.5, 0.6) is 0 Å². The lowest BCUT2D eigenvalue weighted by molar-refractivity contribution is -0.148. The molecule has 1 N–H and O–H groups in total. The van der Waals surface area contributed by atoms with Gasteiger partial charge in [-0.2, -0.15) is 0 Å². The minimum Gasteiger partial charge on any atom is -0.459 e. The topological polar surface area (TPSA) is 58.6 Å². The number of urea groups is 1. The van der Waals surface area contributed by atoms with Gasteiger partial charge in [0.15, 0.2) is 0 Å². The molecule has 0 bridgehead atoms. The van der Waals surface area contributed by atoms with E-state index >= 15 is 0 Å². The smallest absolute Gasteiger partial charge is 0.329 e. The summed E-state index contributed by atoms with van der Waals surface area (Å²) in [4.78, 5) is 27.7. The lowest BCUT2D eigenvalue weighted by atomic mass is 9.96. The van der Waals surface area contributed by atoms with Crippen molar-refractivity contribution in [2.45, 2.75) is 83.5 Å². The Labute approximate surface area is 162 Å². The predicted octanol–water partition coefficient (Wildman–Crippen LogP) is 4.26. The third-order valence-corrected chi connectivity index (χ3v) is 6.06. The van der Waals surface area contributed by atoms with Crippen LogP contribution in [0.15, 0.2) is 30.3 Å². The zero-order chi connectivity index (χ0) is 19.2. The van der Waals surface area contributed by atoms with Crippen molar-refractivity contribution in [1.29, 1.82) is 0 Å². The van der Waals surface area contributed by atoms with Gasteiger partial charge in [0, 0.05) is 12.1 Å². The first-order chi connectivity index (χ1) is 13.1. The highest BCUT2D eigenvalue weighted by Gasteiger charge is 2.36. The zero-order valence-electron chi connectivity index (χ0n) is 16.5. The van der Waals surface area contributed by atoms with Crippen molar-refractivity contribution in [2.24, 2.45) is 5.92 Å². The third kappa shape index (κ3) is 5.02. The van der Waals surface area contributed by atoms with Crippen LogP contribution in [-0.4, -0.2) is 35.0 Å². The zero-order valence-corrected chi connectivity index (χ0v) is 16.5. The molecule has 2 amide bonds. The fourth-order valence-electron chi connectivity index (χ4n) is 4.51. The maximum Gasteiger partial charge on any atom is 0.329 e. The van der Waals surface area contributed by atoms with Crippen molar-refractivity contribution < 1.29 is 14.3 Å². The second-order valence-corrected chi connectivity index (χ2v) is 8.10. The molecule has 1 aliphatic carbocycles. The molecule has 0 spiro atoms. The number of esters is 1. The van der Waals surface area contributed by atoms with Gasteiger partial charge in [-0.15, -0.1) is 0 Å². The van der Waals surface area contributed by atoms with Gasteiger partial charge in [-0.25, -0.2) is 9.59 Å². The van der Waals surface area contributed by atoms with E-state index in [0.29, 0.717) is 0 Å². The van der Waals surface area contributed by atoms with E-state index in [1.807, 2.05) is 35.2 Å². The van der Waals surface area contributed by atoms with Crippen molar-refractivity contribution in [3.05, 3.63) is 35.9 Å². The Bertz CT molecular complexity index is 618. The molecule has 0 radical (unpaired) electrons. The van der Waals surface area contributed by atoms with Crippen LogP contribution >= 0.6 is 0 Å². The van der Waals surface area contributed by atoms with Crippen LogP contribution in [0.3, 0.4) is 0 Å². The van der Waals surface area contributed by atoms with E-state index in [1.165, 1.54) is 0 Å². The van der Waals surface area contributed by atoms with Gasteiger partial charge in [-0.3, -0.25) is 0 Å². The van der Waals surface area contributed by atoms with E-state index in [4.69, 9.17) is 4.74 Å². The highest BCUT2D eigenvalue weighted by Crippen LogP contribution is 2.29.